The van der Waals surface area contributed by atoms with Gasteiger partial charge in [0, 0.05) is 17.9 Å². The fourth-order valence-electron chi connectivity index (χ4n) is 3.73. The zero-order chi connectivity index (χ0) is 13.8. The topological polar surface area (TPSA) is 29.1 Å². The van der Waals surface area contributed by atoms with Crippen molar-refractivity contribution in [1.29, 1.82) is 0 Å². The maximum atomic E-state index is 12.3. The van der Waals surface area contributed by atoms with Gasteiger partial charge in [-0.05, 0) is 31.2 Å². The molecule has 2 aliphatic carbocycles. The predicted molar refractivity (Wildman–Crippen MR) is 81.6 cm³/mol. The van der Waals surface area contributed by atoms with Gasteiger partial charge < -0.3 is 5.32 Å². The summed E-state index contributed by atoms with van der Waals surface area (Å²) in [7, 11) is 0. The minimum absolute atomic E-state index is 0.214. The molecule has 2 fully saturated rings. The number of hydrogen-bond donors (Lipinski definition) is 1. The first-order chi connectivity index (χ1) is 9.80. The van der Waals surface area contributed by atoms with Crippen LogP contribution < -0.4 is 5.32 Å². The molecule has 0 saturated heterocycles. The van der Waals surface area contributed by atoms with E-state index in [1.165, 1.54) is 44.1 Å². The highest BCUT2D eigenvalue weighted by Gasteiger charge is 2.39. The van der Waals surface area contributed by atoms with E-state index in [1.54, 1.807) is 0 Å². The molecule has 1 aromatic carbocycles. The van der Waals surface area contributed by atoms with Crippen molar-refractivity contribution in [2.24, 2.45) is 5.92 Å². The van der Waals surface area contributed by atoms with Crippen LogP contribution >= 0.6 is 0 Å². The Labute approximate surface area is 122 Å². The normalized spacial score (nSPS) is 22.0. The third kappa shape index (κ3) is 2.74. The molecule has 1 aromatic rings. The summed E-state index contributed by atoms with van der Waals surface area (Å²) in [5.74, 6) is 0.573. The van der Waals surface area contributed by atoms with Crippen LogP contribution in [0.15, 0.2) is 30.3 Å². The lowest BCUT2D eigenvalue weighted by atomic mass is 9.64. The van der Waals surface area contributed by atoms with Crippen molar-refractivity contribution >= 4 is 5.91 Å². The van der Waals surface area contributed by atoms with Gasteiger partial charge in [-0.25, -0.2) is 0 Å². The second-order valence-electron chi connectivity index (χ2n) is 6.55. The summed E-state index contributed by atoms with van der Waals surface area (Å²) in [4.78, 5) is 12.3. The summed E-state index contributed by atoms with van der Waals surface area (Å²) in [6, 6.07) is 10.7. The molecule has 108 valence electrons. The Morgan fingerprint density at radius 2 is 1.75 bits per heavy atom. The molecule has 2 heteroatoms. The lowest BCUT2D eigenvalue weighted by Gasteiger charge is -2.43. The molecule has 20 heavy (non-hydrogen) atoms. The summed E-state index contributed by atoms with van der Waals surface area (Å²) in [5, 5.41) is 3.25. The molecule has 2 aliphatic rings. The number of amides is 1. The smallest absolute Gasteiger partial charge is 0.223 e. The quantitative estimate of drug-likeness (QED) is 0.886. The second kappa shape index (κ2) is 5.99. The molecule has 0 heterocycles. The Balaban J connectivity index is 1.60. The number of carbonyl (C=O) groups is 1. The fraction of sp³-hybridized carbons (Fsp3) is 0.611. The summed E-state index contributed by atoms with van der Waals surface area (Å²) >= 11 is 0. The maximum Gasteiger partial charge on any atom is 0.223 e. The van der Waals surface area contributed by atoms with E-state index in [2.05, 4.69) is 35.6 Å². The van der Waals surface area contributed by atoms with Crippen molar-refractivity contribution in [2.45, 2.75) is 56.8 Å². The zero-order valence-electron chi connectivity index (χ0n) is 12.2. The van der Waals surface area contributed by atoms with Gasteiger partial charge in [0.25, 0.3) is 0 Å². The molecule has 1 amide bonds. The Morgan fingerprint density at radius 3 is 2.35 bits per heavy atom. The SMILES string of the molecule is O=C(NCC1(c2ccccc2)CCC1)C1CCCCC1. The fourth-order valence-corrected chi connectivity index (χ4v) is 3.73. The van der Waals surface area contributed by atoms with E-state index in [0.29, 0.717) is 5.91 Å². The summed E-state index contributed by atoms with van der Waals surface area (Å²) in [5.41, 5.74) is 1.61. The van der Waals surface area contributed by atoms with Gasteiger partial charge in [0.2, 0.25) is 5.91 Å². The van der Waals surface area contributed by atoms with Crippen LogP contribution in [0, 0.1) is 5.92 Å². The van der Waals surface area contributed by atoms with Gasteiger partial charge in [0.05, 0.1) is 0 Å². The van der Waals surface area contributed by atoms with E-state index in [0.717, 1.165) is 19.4 Å². The number of carbonyl (C=O) groups excluding carboxylic acids is 1. The van der Waals surface area contributed by atoms with Crippen molar-refractivity contribution in [3.63, 3.8) is 0 Å². The largest absolute Gasteiger partial charge is 0.355 e. The van der Waals surface area contributed by atoms with E-state index < -0.39 is 0 Å². The van der Waals surface area contributed by atoms with Crippen LogP contribution in [0.25, 0.3) is 0 Å². The molecular formula is C18H25NO. The molecule has 2 nitrogen and oxygen atoms in total. The molecule has 0 atom stereocenters. The van der Waals surface area contributed by atoms with Gasteiger partial charge in [0.15, 0.2) is 0 Å². The first-order valence-electron chi connectivity index (χ1n) is 8.13. The van der Waals surface area contributed by atoms with Gasteiger partial charge in [0.1, 0.15) is 0 Å². The maximum absolute atomic E-state index is 12.3. The van der Waals surface area contributed by atoms with Crippen molar-refractivity contribution < 1.29 is 4.79 Å². The van der Waals surface area contributed by atoms with Gasteiger partial charge >= 0.3 is 0 Å². The summed E-state index contributed by atoms with van der Waals surface area (Å²) in [6.07, 6.45) is 9.63. The third-order valence-electron chi connectivity index (χ3n) is 5.27. The Kier molecular flexibility index (Phi) is 4.09. The molecular weight excluding hydrogens is 246 g/mol. The molecule has 0 radical (unpaired) electrons. The summed E-state index contributed by atoms with van der Waals surface area (Å²) < 4.78 is 0. The van der Waals surface area contributed by atoms with Crippen molar-refractivity contribution in [2.75, 3.05) is 6.54 Å². The minimum atomic E-state index is 0.214. The van der Waals surface area contributed by atoms with Crippen LogP contribution in [-0.4, -0.2) is 12.5 Å². The van der Waals surface area contributed by atoms with Gasteiger partial charge in [-0.3, -0.25) is 4.79 Å². The molecule has 1 N–H and O–H groups in total. The molecule has 3 rings (SSSR count). The van der Waals surface area contributed by atoms with Gasteiger partial charge in [-0.1, -0.05) is 56.0 Å². The van der Waals surface area contributed by atoms with Gasteiger partial charge in [-0.15, -0.1) is 0 Å². The molecule has 0 aliphatic heterocycles. The Morgan fingerprint density at radius 1 is 1.05 bits per heavy atom. The molecule has 2 saturated carbocycles. The minimum Gasteiger partial charge on any atom is -0.355 e. The van der Waals surface area contributed by atoms with E-state index in [-0.39, 0.29) is 11.3 Å². The first kappa shape index (κ1) is 13.7. The zero-order valence-corrected chi connectivity index (χ0v) is 12.2. The highest BCUT2D eigenvalue weighted by Crippen LogP contribution is 2.43. The Bertz CT molecular complexity index is 444. The van der Waals surface area contributed by atoms with E-state index in [1.807, 2.05) is 0 Å². The van der Waals surface area contributed by atoms with Crippen LogP contribution in [0.4, 0.5) is 0 Å². The van der Waals surface area contributed by atoms with Crippen LogP contribution in [-0.2, 0) is 10.2 Å². The Hall–Kier alpha value is -1.31. The molecule has 0 unspecified atom stereocenters. The van der Waals surface area contributed by atoms with Gasteiger partial charge in [-0.2, -0.15) is 0 Å². The number of rotatable bonds is 4. The number of benzene rings is 1. The standard InChI is InChI=1S/C18H25NO/c20-17(15-8-3-1-4-9-15)19-14-18(12-7-13-18)16-10-5-2-6-11-16/h2,5-6,10-11,15H,1,3-4,7-9,12-14H2,(H,19,20). The highest BCUT2D eigenvalue weighted by atomic mass is 16.1. The monoisotopic (exact) mass is 271 g/mol. The first-order valence-corrected chi connectivity index (χ1v) is 8.13. The molecule has 0 aromatic heterocycles. The van der Waals surface area contributed by atoms with Crippen LogP contribution in [0.1, 0.15) is 56.9 Å². The highest BCUT2D eigenvalue weighted by molar-refractivity contribution is 5.78. The van der Waals surface area contributed by atoms with Crippen LogP contribution in [0.5, 0.6) is 0 Å². The second-order valence-corrected chi connectivity index (χ2v) is 6.55. The third-order valence-corrected chi connectivity index (χ3v) is 5.27. The van der Waals surface area contributed by atoms with E-state index >= 15 is 0 Å². The average molecular weight is 271 g/mol. The van der Waals surface area contributed by atoms with E-state index in [4.69, 9.17) is 0 Å². The van der Waals surface area contributed by atoms with Crippen molar-refractivity contribution in [1.82, 2.24) is 5.32 Å². The predicted octanol–water partition coefficient (Wildman–Crippen LogP) is 3.80. The van der Waals surface area contributed by atoms with Crippen molar-refractivity contribution in [3.8, 4) is 0 Å². The summed E-state index contributed by atoms with van der Waals surface area (Å²) in [6.45, 7) is 0.826. The van der Waals surface area contributed by atoms with Crippen LogP contribution in [0.2, 0.25) is 0 Å². The molecule has 0 spiro atoms. The van der Waals surface area contributed by atoms with E-state index in [9.17, 15) is 4.79 Å². The number of hydrogen-bond acceptors (Lipinski definition) is 1. The lowest BCUT2D eigenvalue weighted by Crippen LogP contribution is -2.47. The van der Waals surface area contributed by atoms with Crippen LogP contribution in [0.3, 0.4) is 0 Å². The average Bonchev–Trinajstić information content (AvgIpc) is 2.48. The molecule has 0 bridgehead atoms. The lowest BCUT2D eigenvalue weighted by molar-refractivity contribution is -0.126. The number of nitrogens with one attached hydrogen (secondary N) is 1. The van der Waals surface area contributed by atoms with Crippen molar-refractivity contribution in [3.05, 3.63) is 35.9 Å².